The highest BCUT2D eigenvalue weighted by atomic mass is 35.5. The topological polar surface area (TPSA) is 41.1 Å². The fourth-order valence-corrected chi connectivity index (χ4v) is 2.31. The molecule has 2 aliphatic rings. The van der Waals surface area contributed by atoms with Gasteiger partial charge in [-0.2, -0.15) is 0 Å². The third-order valence-electron chi connectivity index (χ3n) is 2.89. The summed E-state index contributed by atoms with van der Waals surface area (Å²) in [7, 11) is 1.70. The molecule has 0 aromatic carbocycles. The normalized spacial score (nSPS) is 37.6. The lowest BCUT2D eigenvalue weighted by atomic mass is 9.99. The smallest absolute Gasteiger partial charge is 0.237 e. The summed E-state index contributed by atoms with van der Waals surface area (Å²) in [5.74, 6) is 0.775. The molecule has 1 aliphatic heterocycles. The molecule has 0 aromatic heterocycles. The van der Waals surface area contributed by atoms with Gasteiger partial charge in [-0.05, 0) is 25.2 Å². The predicted octanol–water partition coefficient (Wildman–Crippen LogP) is 0.295. The number of rotatable bonds is 1. The van der Waals surface area contributed by atoms with Crippen LogP contribution >= 0.6 is 12.4 Å². The number of hydrogen-bond acceptors (Lipinski definition) is 2. The van der Waals surface area contributed by atoms with Gasteiger partial charge in [0.05, 0.1) is 6.04 Å². The second-order valence-corrected chi connectivity index (χ2v) is 3.53. The fourth-order valence-electron chi connectivity index (χ4n) is 2.31. The molecular formula is C8H15ClN2O. The number of piperidine rings is 1. The zero-order valence-corrected chi connectivity index (χ0v) is 7.99. The van der Waals surface area contributed by atoms with E-state index in [1.165, 1.54) is 19.3 Å². The highest BCUT2D eigenvalue weighted by molar-refractivity contribution is 5.85. The summed E-state index contributed by atoms with van der Waals surface area (Å²) in [6.45, 7) is 0. The average molecular weight is 191 g/mol. The summed E-state index contributed by atoms with van der Waals surface area (Å²) >= 11 is 0. The largest absolute Gasteiger partial charge is 0.358 e. The van der Waals surface area contributed by atoms with Gasteiger partial charge in [0, 0.05) is 13.1 Å². The van der Waals surface area contributed by atoms with Crippen molar-refractivity contribution in [3.8, 4) is 0 Å². The Morgan fingerprint density at radius 2 is 2.25 bits per heavy atom. The van der Waals surface area contributed by atoms with Crippen LogP contribution in [0.5, 0.6) is 0 Å². The SMILES string of the molecule is CNC(=O)[C@H]1N[C@@H]2CC[C@H]1C2.Cl. The van der Waals surface area contributed by atoms with Crippen LogP contribution in [0.3, 0.4) is 0 Å². The number of amides is 1. The van der Waals surface area contributed by atoms with Crippen LogP contribution in [0.15, 0.2) is 0 Å². The van der Waals surface area contributed by atoms with Gasteiger partial charge in [0.1, 0.15) is 0 Å². The van der Waals surface area contributed by atoms with Crippen LogP contribution in [0, 0.1) is 5.92 Å². The van der Waals surface area contributed by atoms with Gasteiger partial charge < -0.3 is 10.6 Å². The molecule has 0 radical (unpaired) electrons. The average Bonchev–Trinajstić information content (AvgIpc) is 2.62. The van der Waals surface area contributed by atoms with Crippen LogP contribution in [0.1, 0.15) is 19.3 Å². The van der Waals surface area contributed by atoms with Crippen LogP contribution in [-0.2, 0) is 4.79 Å². The molecule has 1 aliphatic carbocycles. The fraction of sp³-hybridized carbons (Fsp3) is 0.875. The van der Waals surface area contributed by atoms with Gasteiger partial charge in [-0.1, -0.05) is 0 Å². The number of carbonyl (C=O) groups excluding carboxylic acids is 1. The van der Waals surface area contributed by atoms with Gasteiger partial charge in [0.25, 0.3) is 0 Å². The zero-order chi connectivity index (χ0) is 7.84. The van der Waals surface area contributed by atoms with Crippen molar-refractivity contribution in [3.05, 3.63) is 0 Å². The van der Waals surface area contributed by atoms with Gasteiger partial charge >= 0.3 is 0 Å². The van der Waals surface area contributed by atoms with Gasteiger partial charge in [-0.25, -0.2) is 0 Å². The maximum atomic E-state index is 11.2. The molecular weight excluding hydrogens is 176 g/mol. The molecule has 3 atom stereocenters. The van der Waals surface area contributed by atoms with Crippen LogP contribution in [0.25, 0.3) is 0 Å². The molecule has 70 valence electrons. The van der Waals surface area contributed by atoms with E-state index >= 15 is 0 Å². The number of nitrogens with one attached hydrogen (secondary N) is 2. The van der Waals surface area contributed by atoms with Crippen LogP contribution < -0.4 is 10.6 Å². The van der Waals surface area contributed by atoms with Crippen molar-refractivity contribution in [3.63, 3.8) is 0 Å². The van der Waals surface area contributed by atoms with Crippen molar-refractivity contribution in [1.82, 2.24) is 10.6 Å². The van der Waals surface area contributed by atoms with E-state index in [9.17, 15) is 4.79 Å². The Bertz CT molecular complexity index is 186. The van der Waals surface area contributed by atoms with E-state index in [0.717, 1.165) is 0 Å². The molecule has 0 spiro atoms. The predicted molar refractivity (Wildman–Crippen MR) is 49.4 cm³/mol. The summed E-state index contributed by atoms with van der Waals surface area (Å²) < 4.78 is 0. The summed E-state index contributed by atoms with van der Waals surface area (Å²) in [5, 5.41) is 6.02. The minimum absolute atomic E-state index is 0. The second kappa shape index (κ2) is 3.62. The number of carbonyl (C=O) groups is 1. The first-order valence-electron chi connectivity index (χ1n) is 4.29. The minimum Gasteiger partial charge on any atom is -0.358 e. The summed E-state index contributed by atoms with van der Waals surface area (Å²) in [4.78, 5) is 11.2. The highest BCUT2D eigenvalue weighted by Gasteiger charge is 2.42. The zero-order valence-electron chi connectivity index (χ0n) is 7.17. The van der Waals surface area contributed by atoms with E-state index in [1.807, 2.05) is 0 Å². The Kier molecular flexibility index (Phi) is 2.96. The van der Waals surface area contributed by atoms with Crippen molar-refractivity contribution < 1.29 is 4.79 Å². The maximum Gasteiger partial charge on any atom is 0.237 e. The molecule has 2 fully saturated rings. The summed E-state index contributed by atoms with van der Waals surface area (Å²) in [5.41, 5.74) is 0. The monoisotopic (exact) mass is 190 g/mol. The maximum absolute atomic E-state index is 11.2. The molecule has 1 amide bonds. The number of hydrogen-bond donors (Lipinski definition) is 2. The first-order valence-corrected chi connectivity index (χ1v) is 4.29. The number of likely N-dealkylation sites (N-methyl/N-ethyl adjacent to an activating group) is 1. The van der Waals surface area contributed by atoms with E-state index in [-0.39, 0.29) is 24.4 Å². The third-order valence-corrected chi connectivity index (χ3v) is 2.89. The van der Waals surface area contributed by atoms with E-state index in [4.69, 9.17) is 0 Å². The third kappa shape index (κ3) is 1.43. The molecule has 4 heteroatoms. The first-order chi connectivity index (χ1) is 5.31. The number of fused-ring (bicyclic) bond motifs is 2. The lowest BCUT2D eigenvalue weighted by molar-refractivity contribution is -0.123. The van der Waals surface area contributed by atoms with Crippen molar-refractivity contribution in [2.75, 3.05) is 7.05 Å². The van der Waals surface area contributed by atoms with Gasteiger partial charge in [-0.3, -0.25) is 4.79 Å². The van der Waals surface area contributed by atoms with Crippen molar-refractivity contribution >= 4 is 18.3 Å². The van der Waals surface area contributed by atoms with Crippen LogP contribution in [-0.4, -0.2) is 25.0 Å². The van der Waals surface area contributed by atoms with E-state index in [1.54, 1.807) is 7.05 Å². The van der Waals surface area contributed by atoms with Gasteiger partial charge in [0.15, 0.2) is 0 Å². The number of halogens is 1. The van der Waals surface area contributed by atoms with Gasteiger partial charge in [-0.15, -0.1) is 12.4 Å². The Hall–Kier alpha value is -0.280. The summed E-state index contributed by atoms with van der Waals surface area (Å²) in [6.07, 6.45) is 3.70. The van der Waals surface area contributed by atoms with E-state index < -0.39 is 0 Å². The molecule has 0 aromatic rings. The molecule has 2 rings (SSSR count). The molecule has 12 heavy (non-hydrogen) atoms. The van der Waals surface area contributed by atoms with Crippen molar-refractivity contribution in [2.45, 2.75) is 31.3 Å². The summed E-state index contributed by atoms with van der Waals surface area (Å²) in [6, 6.07) is 0.737. The molecule has 2 N–H and O–H groups in total. The lowest BCUT2D eigenvalue weighted by Gasteiger charge is -2.20. The molecule has 1 saturated heterocycles. The van der Waals surface area contributed by atoms with Gasteiger partial charge in [0.2, 0.25) is 5.91 Å². The van der Waals surface area contributed by atoms with Crippen molar-refractivity contribution in [2.24, 2.45) is 5.92 Å². The Balaban J connectivity index is 0.000000720. The second-order valence-electron chi connectivity index (χ2n) is 3.53. The standard InChI is InChI=1S/C8H14N2O.ClH/c1-9-8(11)7-5-2-3-6(4-5)10-7;/h5-7,10H,2-4H2,1H3,(H,9,11);1H/t5-,6+,7-;/m0./s1. The Morgan fingerprint density at radius 1 is 1.50 bits per heavy atom. The van der Waals surface area contributed by atoms with Crippen molar-refractivity contribution in [1.29, 1.82) is 0 Å². The van der Waals surface area contributed by atoms with E-state index in [2.05, 4.69) is 10.6 Å². The van der Waals surface area contributed by atoms with E-state index in [0.29, 0.717) is 12.0 Å². The lowest BCUT2D eigenvalue weighted by Crippen LogP contribution is -2.46. The Labute approximate surface area is 78.7 Å². The molecule has 3 nitrogen and oxygen atoms in total. The molecule has 0 unspecified atom stereocenters. The quantitative estimate of drug-likeness (QED) is 0.625. The minimum atomic E-state index is 0. The highest BCUT2D eigenvalue weighted by Crippen LogP contribution is 2.34. The molecule has 1 heterocycles. The molecule has 2 bridgehead atoms. The Morgan fingerprint density at radius 3 is 2.67 bits per heavy atom. The van der Waals surface area contributed by atoms with Crippen LogP contribution in [0.4, 0.5) is 0 Å². The molecule has 1 saturated carbocycles. The van der Waals surface area contributed by atoms with Crippen LogP contribution in [0.2, 0.25) is 0 Å². The first kappa shape index (κ1) is 9.81.